The molecule has 10 heteroatoms. The summed E-state index contributed by atoms with van der Waals surface area (Å²) in [7, 11) is 3.10. The molecule has 3 aromatic rings. The van der Waals surface area contributed by atoms with Gasteiger partial charge < -0.3 is 25.0 Å². The van der Waals surface area contributed by atoms with Gasteiger partial charge in [-0.3, -0.25) is 4.79 Å². The summed E-state index contributed by atoms with van der Waals surface area (Å²) in [5.74, 6) is 1.76. The van der Waals surface area contributed by atoms with E-state index in [0.29, 0.717) is 36.0 Å². The monoisotopic (exact) mass is 525 g/mol. The maximum absolute atomic E-state index is 14.1. The lowest BCUT2D eigenvalue weighted by Crippen LogP contribution is -2.52. The molecule has 0 aliphatic carbocycles. The molecule has 2 aromatic carbocycles. The zero-order valence-corrected chi connectivity index (χ0v) is 21.8. The number of hydrogen-bond donors (Lipinski definition) is 2. The summed E-state index contributed by atoms with van der Waals surface area (Å²) in [5.41, 5.74) is 3.14. The highest BCUT2D eigenvalue weighted by atomic mass is 19.3. The van der Waals surface area contributed by atoms with Gasteiger partial charge in [-0.15, -0.1) is 0 Å². The smallest absolute Gasteiger partial charge is 0.260 e. The molecule has 0 radical (unpaired) electrons. The minimum absolute atomic E-state index is 0.106. The summed E-state index contributed by atoms with van der Waals surface area (Å²) in [4.78, 5) is 14.7. The van der Waals surface area contributed by atoms with Gasteiger partial charge in [0.1, 0.15) is 11.9 Å². The number of alkyl halides is 2. The number of methoxy groups -OCH3 is 2. The number of nitrogens with one attached hydrogen (secondary N) is 2. The van der Waals surface area contributed by atoms with Crippen LogP contribution in [0.25, 0.3) is 11.3 Å². The third-order valence-electron chi connectivity index (χ3n) is 7.38. The van der Waals surface area contributed by atoms with Crippen molar-refractivity contribution >= 4 is 11.7 Å². The molecule has 38 heavy (non-hydrogen) atoms. The third kappa shape index (κ3) is 5.18. The van der Waals surface area contributed by atoms with Crippen molar-refractivity contribution in [1.82, 2.24) is 20.0 Å². The van der Waals surface area contributed by atoms with Crippen molar-refractivity contribution in [2.24, 2.45) is 0 Å². The van der Waals surface area contributed by atoms with E-state index < -0.39 is 12.5 Å². The molecule has 2 aliphatic rings. The van der Waals surface area contributed by atoms with Gasteiger partial charge in [-0.2, -0.15) is 5.10 Å². The Morgan fingerprint density at radius 1 is 1.11 bits per heavy atom. The van der Waals surface area contributed by atoms with Crippen molar-refractivity contribution < 1.29 is 23.0 Å². The van der Waals surface area contributed by atoms with Gasteiger partial charge in [-0.05, 0) is 36.6 Å². The first-order valence-corrected chi connectivity index (χ1v) is 12.8. The van der Waals surface area contributed by atoms with Crippen LogP contribution in [0.4, 0.5) is 14.6 Å². The van der Waals surface area contributed by atoms with Crippen molar-refractivity contribution in [3.05, 3.63) is 59.7 Å². The fourth-order valence-corrected chi connectivity index (χ4v) is 5.25. The van der Waals surface area contributed by atoms with E-state index in [4.69, 9.17) is 9.47 Å². The van der Waals surface area contributed by atoms with Crippen molar-refractivity contribution in [3.8, 4) is 22.8 Å². The highest BCUT2D eigenvalue weighted by Crippen LogP contribution is 2.41. The number of amides is 1. The van der Waals surface area contributed by atoms with E-state index in [1.807, 2.05) is 48.2 Å². The number of aromatic nitrogens is 2. The fraction of sp³-hybridized carbons (Fsp3) is 0.429. The molecule has 1 fully saturated rings. The Balaban J connectivity index is 1.35. The molecule has 2 N–H and O–H groups in total. The van der Waals surface area contributed by atoms with E-state index in [1.165, 1.54) is 4.68 Å². The molecule has 1 saturated heterocycles. The van der Waals surface area contributed by atoms with Crippen LogP contribution in [-0.4, -0.2) is 66.9 Å². The molecule has 1 aromatic heterocycles. The Labute approximate surface area is 220 Å². The van der Waals surface area contributed by atoms with Crippen LogP contribution in [0.1, 0.15) is 36.6 Å². The minimum atomic E-state index is -2.58. The molecule has 3 atom stereocenters. The van der Waals surface area contributed by atoms with Crippen LogP contribution in [0.5, 0.6) is 11.5 Å². The first-order chi connectivity index (χ1) is 18.4. The first kappa shape index (κ1) is 26.0. The van der Waals surface area contributed by atoms with Crippen LogP contribution in [0, 0.1) is 0 Å². The van der Waals surface area contributed by atoms with Crippen LogP contribution >= 0.6 is 0 Å². The summed E-state index contributed by atoms with van der Waals surface area (Å²) in [6.45, 7) is 4.36. The fourth-order valence-electron chi connectivity index (χ4n) is 5.25. The molecule has 5 rings (SSSR count). The predicted molar refractivity (Wildman–Crippen MR) is 141 cm³/mol. The molecule has 8 nitrogen and oxygen atoms in total. The highest BCUT2D eigenvalue weighted by molar-refractivity contribution is 5.79. The number of carbonyl (C=O) groups excluding carboxylic acids is 1. The van der Waals surface area contributed by atoms with Gasteiger partial charge in [-0.1, -0.05) is 30.3 Å². The average Bonchev–Trinajstić information content (AvgIpc) is 3.36. The standard InChI is InChI=1S/C28H33F2N5O3/c1-17-16-31-10-11-34(17)27(36)12-18-4-6-19(7-5-18)22-15-26-32-21(14-23(28(29)30)35(26)33-22)20-8-9-24(37-2)25(13-20)38-3/h4-9,13,15,17,21,23,28,31-32H,10-12,14,16H2,1-3H3/t17-,21?,23?/m0/s1. The molecule has 0 spiro atoms. The highest BCUT2D eigenvalue weighted by Gasteiger charge is 2.35. The second kappa shape index (κ2) is 11.0. The number of fused-ring (bicyclic) bond motifs is 1. The van der Waals surface area contributed by atoms with E-state index in [-0.39, 0.29) is 24.4 Å². The predicted octanol–water partition coefficient (Wildman–Crippen LogP) is 4.29. The SMILES string of the molecule is COc1ccc(C2CC(C(F)F)n3nc(-c4ccc(CC(=O)N5CCNC[C@@H]5C)cc4)cc3N2)cc1OC. The summed E-state index contributed by atoms with van der Waals surface area (Å²) in [6.07, 6.45) is -2.08. The first-order valence-electron chi connectivity index (χ1n) is 12.8. The van der Waals surface area contributed by atoms with Crippen LogP contribution < -0.4 is 20.1 Å². The Hall–Kier alpha value is -3.66. The van der Waals surface area contributed by atoms with Crippen molar-refractivity contribution in [3.63, 3.8) is 0 Å². The molecule has 202 valence electrons. The molecule has 1 amide bonds. The quantitative estimate of drug-likeness (QED) is 0.479. The lowest BCUT2D eigenvalue weighted by molar-refractivity contribution is -0.133. The van der Waals surface area contributed by atoms with E-state index >= 15 is 0 Å². The molecule has 3 heterocycles. The van der Waals surface area contributed by atoms with E-state index in [9.17, 15) is 13.6 Å². The van der Waals surface area contributed by atoms with Crippen LogP contribution in [0.15, 0.2) is 48.5 Å². The summed E-state index contributed by atoms with van der Waals surface area (Å²) < 4.78 is 40.4. The third-order valence-corrected chi connectivity index (χ3v) is 7.38. The maximum Gasteiger partial charge on any atom is 0.260 e. The van der Waals surface area contributed by atoms with Gasteiger partial charge in [0.25, 0.3) is 6.43 Å². The number of halogens is 2. The number of carbonyl (C=O) groups is 1. The average molecular weight is 526 g/mol. The van der Waals surface area contributed by atoms with E-state index in [1.54, 1.807) is 26.4 Å². The second-order valence-electron chi connectivity index (χ2n) is 9.82. The van der Waals surface area contributed by atoms with Crippen molar-refractivity contribution in [1.29, 1.82) is 0 Å². The van der Waals surface area contributed by atoms with Crippen LogP contribution in [-0.2, 0) is 11.2 Å². The molecular weight excluding hydrogens is 492 g/mol. The van der Waals surface area contributed by atoms with Gasteiger partial charge in [0.15, 0.2) is 11.5 Å². The lowest BCUT2D eigenvalue weighted by Gasteiger charge is -2.34. The van der Waals surface area contributed by atoms with Crippen molar-refractivity contribution in [2.75, 3.05) is 39.2 Å². The van der Waals surface area contributed by atoms with E-state index in [2.05, 4.69) is 15.7 Å². The van der Waals surface area contributed by atoms with Gasteiger partial charge in [0.2, 0.25) is 5.91 Å². The maximum atomic E-state index is 14.1. The zero-order chi connectivity index (χ0) is 26.8. The molecule has 2 aliphatic heterocycles. The number of ether oxygens (including phenoxy) is 2. The number of piperazine rings is 1. The Morgan fingerprint density at radius 3 is 2.55 bits per heavy atom. The largest absolute Gasteiger partial charge is 0.493 e. The Bertz CT molecular complexity index is 1280. The summed E-state index contributed by atoms with van der Waals surface area (Å²) in [6, 6.07) is 13.6. The summed E-state index contributed by atoms with van der Waals surface area (Å²) in [5, 5.41) is 11.2. The molecule has 0 saturated carbocycles. The molecule has 2 unspecified atom stereocenters. The second-order valence-corrected chi connectivity index (χ2v) is 9.82. The zero-order valence-electron chi connectivity index (χ0n) is 21.8. The van der Waals surface area contributed by atoms with Gasteiger partial charge in [-0.25, -0.2) is 13.5 Å². The Morgan fingerprint density at radius 2 is 1.87 bits per heavy atom. The minimum Gasteiger partial charge on any atom is -0.493 e. The van der Waals surface area contributed by atoms with Gasteiger partial charge in [0.05, 0.1) is 32.4 Å². The topological polar surface area (TPSA) is 80.7 Å². The van der Waals surface area contributed by atoms with Gasteiger partial charge >= 0.3 is 0 Å². The summed E-state index contributed by atoms with van der Waals surface area (Å²) >= 11 is 0. The van der Waals surface area contributed by atoms with Crippen molar-refractivity contribution in [2.45, 2.75) is 44.3 Å². The number of hydrogen-bond acceptors (Lipinski definition) is 6. The van der Waals surface area contributed by atoms with Crippen LogP contribution in [0.2, 0.25) is 0 Å². The lowest BCUT2D eigenvalue weighted by atomic mass is 9.97. The Kier molecular flexibility index (Phi) is 7.51. The normalized spacial score (nSPS) is 21.1. The van der Waals surface area contributed by atoms with E-state index in [0.717, 1.165) is 29.8 Å². The molecular formula is C28H33F2N5O3. The number of benzene rings is 2. The van der Waals surface area contributed by atoms with Gasteiger partial charge in [0, 0.05) is 37.3 Å². The molecule has 0 bridgehead atoms. The van der Waals surface area contributed by atoms with Crippen LogP contribution in [0.3, 0.4) is 0 Å². The number of anilines is 1. The number of nitrogens with zero attached hydrogens (tertiary/aromatic N) is 3. The number of rotatable bonds is 7.